The van der Waals surface area contributed by atoms with Gasteiger partial charge in [-0.1, -0.05) is 0 Å². The number of carbonyl (C=O) groups excluding carboxylic acids is 1. The van der Waals surface area contributed by atoms with E-state index < -0.39 is 33.7 Å². The topological polar surface area (TPSA) is 66.8 Å². The summed E-state index contributed by atoms with van der Waals surface area (Å²) < 4.78 is 6.45. The molecule has 0 aromatic heterocycles. The van der Waals surface area contributed by atoms with Gasteiger partial charge in [-0.3, -0.25) is 0 Å². The van der Waals surface area contributed by atoms with E-state index in [-0.39, 0.29) is 31.0 Å². The zero-order chi connectivity index (χ0) is 14.3. The van der Waals surface area contributed by atoms with Gasteiger partial charge < -0.3 is 0 Å². The van der Waals surface area contributed by atoms with Crippen LogP contribution in [0.25, 0.3) is 0 Å². The van der Waals surface area contributed by atoms with Crippen molar-refractivity contribution in [3.63, 3.8) is 0 Å². The Kier molecular flexibility index (Phi) is 9.27. The van der Waals surface area contributed by atoms with E-state index in [0.717, 1.165) is 3.93 Å². The summed E-state index contributed by atoms with van der Waals surface area (Å²) >= 11 is 2.45. The number of aliphatic hydroxyl groups is 2. The monoisotopic (exact) mass is 512 g/mol. The summed E-state index contributed by atoms with van der Waals surface area (Å²) in [6, 6.07) is 0. The second-order valence-electron chi connectivity index (χ2n) is 5.70. The van der Waals surface area contributed by atoms with E-state index in [1.807, 2.05) is 6.92 Å². The zero-order valence-corrected chi connectivity index (χ0v) is 18.7. The number of halogens is 1. The number of rotatable bonds is 7. The van der Waals surface area contributed by atoms with Gasteiger partial charge in [0.15, 0.2) is 0 Å². The third-order valence-electron chi connectivity index (χ3n) is 2.88. The van der Waals surface area contributed by atoms with Crippen LogP contribution in [0.4, 0.5) is 0 Å². The van der Waals surface area contributed by atoms with Crippen molar-refractivity contribution in [2.45, 2.75) is 37.7 Å². The summed E-state index contributed by atoms with van der Waals surface area (Å²) in [6.07, 6.45) is -0.399. The molecular weight excluding hydrogens is 489 g/mol. The molecule has 104 valence electrons. The summed E-state index contributed by atoms with van der Waals surface area (Å²) in [5, 5.41) is 18.7. The Morgan fingerprint density at radius 3 is 2.22 bits per heavy atom. The molecule has 0 amide bonds. The molecule has 0 aliphatic carbocycles. The Hall–Kier alpha value is 0.805. The van der Waals surface area contributed by atoms with Crippen molar-refractivity contribution < 1.29 is 41.9 Å². The molecule has 0 bridgehead atoms. The quantitative estimate of drug-likeness (QED) is 0.405. The first-order chi connectivity index (χ1) is 8.27. The third-order valence-corrected chi connectivity index (χ3v) is 10.6. The van der Waals surface area contributed by atoms with Gasteiger partial charge in [-0.05, 0) is 0 Å². The van der Waals surface area contributed by atoms with Gasteiger partial charge in [0.25, 0.3) is 0 Å². The predicted octanol–water partition coefficient (Wildman–Crippen LogP) is 1.99. The Balaban J connectivity index is 4.83. The number of hydrogen-bond acceptors (Lipinski definition) is 4. The summed E-state index contributed by atoms with van der Waals surface area (Å²) in [7, 11) is 0. The van der Waals surface area contributed by atoms with E-state index in [1.165, 1.54) is 0 Å². The standard InChI is InChI=1S/C12H23O4.BrH.Hg/c1-8(6-13)10(9(2)7-14)16-11(15)12(3,4)5;;/h8-10,13-14H,1,6-7H2,2-5H3;1H;/q;;+1/p-1/t8-,9+,10-;;/m1../s1. The molecule has 0 heterocycles. The number of hydrogen-bond donors (Lipinski definition) is 2. The minimum absolute atomic E-state index is 0.00195. The van der Waals surface area contributed by atoms with Crippen LogP contribution in [0.3, 0.4) is 0 Å². The number of ether oxygens (including phenoxy) is 1. The van der Waals surface area contributed by atoms with Crippen LogP contribution in [0.2, 0.25) is 3.93 Å². The normalized spacial score (nSPS) is 16.6. The molecule has 3 atom stereocenters. The summed E-state index contributed by atoms with van der Waals surface area (Å²) in [5.41, 5.74) is -0.563. The van der Waals surface area contributed by atoms with E-state index in [1.54, 1.807) is 20.8 Å². The van der Waals surface area contributed by atoms with Crippen LogP contribution in [-0.4, -0.2) is 35.5 Å². The van der Waals surface area contributed by atoms with Crippen LogP contribution in [-0.2, 0) is 31.7 Å². The fourth-order valence-electron chi connectivity index (χ4n) is 1.58. The molecule has 0 aromatic rings. The summed E-state index contributed by atoms with van der Waals surface area (Å²) in [4.78, 5) is 11.9. The van der Waals surface area contributed by atoms with Gasteiger partial charge in [0, 0.05) is 0 Å². The molecule has 0 spiro atoms. The minimum atomic E-state index is -1.10. The molecule has 0 saturated heterocycles. The summed E-state index contributed by atoms with van der Waals surface area (Å²) in [6.45, 7) is 7.20. The first kappa shape index (κ1) is 18.8. The van der Waals surface area contributed by atoms with Crippen molar-refractivity contribution >= 4 is 17.9 Å². The molecule has 2 N–H and O–H groups in total. The fourth-order valence-corrected chi connectivity index (χ4v) is 9.82. The van der Waals surface area contributed by atoms with E-state index in [4.69, 9.17) is 4.74 Å². The zero-order valence-electron chi connectivity index (χ0n) is 11.6. The number of esters is 1. The van der Waals surface area contributed by atoms with Crippen LogP contribution < -0.4 is 0 Å². The molecular formula is C12H23BrHgO4. The van der Waals surface area contributed by atoms with Crippen LogP contribution in [0.1, 0.15) is 27.7 Å². The molecule has 0 radical (unpaired) electrons. The van der Waals surface area contributed by atoms with Gasteiger partial charge in [0.2, 0.25) is 0 Å². The predicted molar refractivity (Wildman–Crippen MR) is 69.9 cm³/mol. The molecule has 6 heteroatoms. The van der Waals surface area contributed by atoms with Crippen LogP contribution in [0, 0.1) is 17.3 Å². The summed E-state index contributed by atoms with van der Waals surface area (Å²) in [5.74, 6) is -0.488. The van der Waals surface area contributed by atoms with Crippen molar-refractivity contribution in [1.29, 1.82) is 0 Å². The van der Waals surface area contributed by atoms with Gasteiger partial charge in [0.1, 0.15) is 0 Å². The molecule has 0 aromatic carbocycles. The van der Waals surface area contributed by atoms with E-state index >= 15 is 0 Å². The molecule has 4 nitrogen and oxygen atoms in total. The second kappa shape index (κ2) is 8.87. The van der Waals surface area contributed by atoms with Crippen LogP contribution >= 0.6 is 11.9 Å². The van der Waals surface area contributed by atoms with Gasteiger partial charge in [-0.2, -0.15) is 0 Å². The molecule has 0 saturated carbocycles. The van der Waals surface area contributed by atoms with Crippen molar-refractivity contribution in [1.82, 2.24) is 0 Å². The molecule has 0 aliphatic rings. The van der Waals surface area contributed by atoms with Crippen LogP contribution in [0.15, 0.2) is 0 Å². The van der Waals surface area contributed by atoms with Crippen molar-refractivity contribution in [3.8, 4) is 0 Å². The fraction of sp³-hybridized carbons (Fsp3) is 0.917. The molecule has 0 fully saturated rings. The third kappa shape index (κ3) is 6.30. The van der Waals surface area contributed by atoms with E-state index in [2.05, 4.69) is 11.9 Å². The van der Waals surface area contributed by atoms with Crippen molar-refractivity contribution in [2.75, 3.05) is 13.2 Å². The molecule has 0 rings (SSSR count). The second-order valence-corrected chi connectivity index (χ2v) is 16.4. The maximum atomic E-state index is 11.9. The van der Waals surface area contributed by atoms with Gasteiger partial charge >= 0.3 is 128 Å². The average Bonchev–Trinajstić information content (AvgIpc) is 2.31. The van der Waals surface area contributed by atoms with E-state index in [0.29, 0.717) is 0 Å². The number of carbonyl (C=O) groups is 1. The van der Waals surface area contributed by atoms with Gasteiger partial charge in [-0.25, -0.2) is 0 Å². The maximum absolute atomic E-state index is 11.9. The Labute approximate surface area is 127 Å². The first-order valence-corrected chi connectivity index (χ1v) is 22.1. The Bertz CT molecular complexity index is 255. The van der Waals surface area contributed by atoms with Gasteiger partial charge in [0.05, 0.1) is 0 Å². The molecule has 18 heavy (non-hydrogen) atoms. The van der Waals surface area contributed by atoms with Crippen molar-refractivity contribution in [2.24, 2.45) is 17.3 Å². The SMILES string of the molecule is C[C@@H](CO)[C@H](OC(=O)C(C)(C)C)[C@@H](CO)[CH2][Hg][Br]. The molecule has 0 aliphatic heterocycles. The number of aliphatic hydroxyl groups excluding tert-OH is 2. The average molecular weight is 512 g/mol. The van der Waals surface area contributed by atoms with Crippen LogP contribution in [0.5, 0.6) is 0 Å². The Morgan fingerprint density at radius 1 is 1.33 bits per heavy atom. The molecule has 0 unspecified atom stereocenters. The van der Waals surface area contributed by atoms with Crippen molar-refractivity contribution in [3.05, 3.63) is 0 Å². The Morgan fingerprint density at radius 2 is 1.89 bits per heavy atom. The first-order valence-electron chi connectivity index (χ1n) is 6.26. The van der Waals surface area contributed by atoms with E-state index in [9.17, 15) is 15.0 Å². The van der Waals surface area contributed by atoms with Gasteiger partial charge in [-0.15, -0.1) is 0 Å².